The van der Waals surface area contributed by atoms with E-state index < -0.39 is 5.97 Å². The number of urea groups is 1. The second-order valence-electron chi connectivity index (χ2n) is 4.90. The summed E-state index contributed by atoms with van der Waals surface area (Å²) in [5.41, 5.74) is 0. The summed E-state index contributed by atoms with van der Waals surface area (Å²) in [5.74, 6) is -0.547. The molecule has 1 heterocycles. The Morgan fingerprint density at radius 2 is 2.11 bits per heavy atom. The highest BCUT2D eigenvalue weighted by molar-refractivity contribution is 5.74. The van der Waals surface area contributed by atoms with E-state index in [1.165, 1.54) is 0 Å². The van der Waals surface area contributed by atoms with Crippen molar-refractivity contribution >= 4 is 12.0 Å². The molecule has 0 radical (unpaired) electrons. The number of carbonyl (C=O) groups excluding carboxylic acids is 1. The van der Waals surface area contributed by atoms with Crippen molar-refractivity contribution in [3.05, 3.63) is 12.7 Å². The Labute approximate surface area is 108 Å². The molecule has 0 aromatic heterocycles. The van der Waals surface area contributed by atoms with Crippen molar-refractivity contribution in [1.29, 1.82) is 0 Å². The van der Waals surface area contributed by atoms with Gasteiger partial charge in [-0.15, -0.1) is 6.58 Å². The van der Waals surface area contributed by atoms with Crippen LogP contribution in [0.1, 0.15) is 32.6 Å². The Kier molecular flexibility index (Phi) is 5.68. The van der Waals surface area contributed by atoms with Crippen LogP contribution >= 0.6 is 0 Å². The summed E-state index contributed by atoms with van der Waals surface area (Å²) >= 11 is 0. The van der Waals surface area contributed by atoms with E-state index in [9.17, 15) is 9.59 Å². The van der Waals surface area contributed by atoms with Gasteiger partial charge in [0.05, 0.1) is 0 Å². The minimum Gasteiger partial charge on any atom is -0.481 e. The Hall–Kier alpha value is -1.52. The molecule has 0 aromatic rings. The number of amides is 2. The number of piperidine rings is 1. The van der Waals surface area contributed by atoms with Crippen molar-refractivity contribution in [2.45, 2.75) is 38.6 Å². The number of rotatable bonds is 5. The molecule has 0 saturated carbocycles. The first kappa shape index (κ1) is 14.5. The average molecular weight is 254 g/mol. The lowest BCUT2D eigenvalue weighted by Crippen LogP contribution is -2.47. The Morgan fingerprint density at radius 1 is 1.50 bits per heavy atom. The minimum absolute atomic E-state index is 0.0573. The predicted molar refractivity (Wildman–Crippen MR) is 69.4 cm³/mol. The molecule has 1 aliphatic rings. The van der Waals surface area contributed by atoms with Gasteiger partial charge in [-0.25, -0.2) is 4.79 Å². The van der Waals surface area contributed by atoms with Crippen LogP contribution in [0.5, 0.6) is 0 Å². The lowest BCUT2D eigenvalue weighted by Gasteiger charge is -2.32. The zero-order valence-corrected chi connectivity index (χ0v) is 10.9. The SMILES string of the molecule is C=CCC(C)NC(=O)N1CCC(CC(=O)O)CC1. The summed E-state index contributed by atoms with van der Waals surface area (Å²) in [5, 5.41) is 11.6. The van der Waals surface area contributed by atoms with Gasteiger partial charge in [-0.05, 0) is 32.1 Å². The van der Waals surface area contributed by atoms with Crippen LogP contribution < -0.4 is 5.32 Å². The summed E-state index contributed by atoms with van der Waals surface area (Å²) in [4.78, 5) is 24.2. The lowest BCUT2D eigenvalue weighted by atomic mass is 9.94. The molecule has 5 nitrogen and oxygen atoms in total. The summed E-state index contributed by atoms with van der Waals surface area (Å²) in [6.07, 6.45) is 4.29. The molecule has 1 atom stereocenters. The maximum absolute atomic E-state index is 11.9. The van der Waals surface area contributed by atoms with Gasteiger partial charge in [0.25, 0.3) is 0 Å². The van der Waals surface area contributed by atoms with E-state index in [-0.39, 0.29) is 24.4 Å². The molecular weight excluding hydrogens is 232 g/mol. The normalized spacial score (nSPS) is 18.2. The van der Waals surface area contributed by atoms with E-state index in [0.717, 1.165) is 19.3 Å². The molecule has 1 aliphatic heterocycles. The van der Waals surface area contributed by atoms with Crippen molar-refractivity contribution in [3.8, 4) is 0 Å². The second-order valence-corrected chi connectivity index (χ2v) is 4.90. The van der Waals surface area contributed by atoms with Gasteiger partial charge in [0.15, 0.2) is 0 Å². The fraction of sp³-hybridized carbons (Fsp3) is 0.692. The molecule has 2 N–H and O–H groups in total. The zero-order valence-electron chi connectivity index (χ0n) is 10.9. The predicted octanol–water partition coefficient (Wildman–Crippen LogP) is 1.85. The molecule has 1 unspecified atom stereocenters. The van der Waals surface area contributed by atoms with Crippen LogP contribution in [0, 0.1) is 5.92 Å². The van der Waals surface area contributed by atoms with Gasteiger partial charge in [0.1, 0.15) is 0 Å². The molecule has 0 bridgehead atoms. The molecule has 18 heavy (non-hydrogen) atoms. The molecule has 0 aliphatic carbocycles. The highest BCUT2D eigenvalue weighted by Crippen LogP contribution is 2.20. The van der Waals surface area contributed by atoms with E-state index in [0.29, 0.717) is 13.1 Å². The standard InChI is InChI=1S/C13H22N2O3/c1-3-4-10(2)14-13(18)15-7-5-11(6-8-15)9-12(16)17/h3,10-11H,1,4-9H2,2H3,(H,14,18)(H,16,17). The number of carboxylic acid groups (broad SMARTS) is 1. The maximum Gasteiger partial charge on any atom is 0.317 e. The van der Waals surface area contributed by atoms with Crippen molar-refractivity contribution in [2.75, 3.05) is 13.1 Å². The van der Waals surface area contributed by atoms with Crippen LogP contribution in [0.25, 0.3) is 0 Å². The molecule has 1 fully saturated rings. The van der Waals surface area contributed by atoms with Crippen LogP contribution in [0.15, 0.2) is 12.7 Å². The number of hydrogen-bond acceptors (Lipinski definition) is 2. The first-order chi connectivity index (χ1) is 8.52. The topological polar surface area (TPSA) is 69.6 Å². The lowest BCUT2D eigenvalue weighted by molar-refractivity contribution is -0.138. The first-order valence-electron chi connectivity index (χ1n) is 6.41. The number of aliphatic carboxylic acids is 1. The minimum atomic E-state index is -0.752. The number of hydrogen-bond donors (Lipinski definition) is 2. The molecule has 5 heteroatoms. The molecule has 0 aromatic carbocycles. The molecule has 1 saturated heterocycles. The molecule has 1 rings (SSSR count). The third-order valence-electron chi connectivity index (χ3n) is 3.26. The third kappa shape index (κ3) is 4.77. The van der Waals surface area contributed by atoms with Crippen LogP contribution in [0.3, 0.4) is 0 Å². The number of nitrogens with one attached hydrogen (secondary N) is 1. The quantitative estimate of drug-likeness (QED) is 0.736. The maximum atomic E-state index is 11.9. The largest absolute Gasteiger partial charge is 0.481 e. The van der Waals surface area contributed by atoms with E-state index in [1.807, 2.05) is 6.92 Å². The fourth-order valence-corrected chi connectivity index (χ4v) is 2.20. The number of likely N-dealkylation sites (tertiary alicyclic amines) is 1. The summed E-state index contributed by atoms with van der Waals surface area (Å²) in [6.45, 7) is 6.87. The Bertz CT molecular complexity index is 309. The van der Waals surface area contributed by atoms with Crippen molar-refractivity contribution in [1.82, 2.24) is 10.2 Å². The molecule has 102 valence electrons. The summed E-state index contributed by atoms with van der Waals surface area (Å²) in [7, 11) is 0. The van der Waals surface area contributed by atoms with Gasteiger partial charge >= 0.3 is 12.0 Å². The fourth-order valence-electron chi connectivity index (χ4n) is 2.20. The van der Waals surface area contributed by atoms with Gasteiger partial charge in [-0.1, -0.05) is 6.08 Å². The van der Waals surface area contributed by atoms with E-state index in [4.69, 9.17) is 5.11 Å². The van der Waals surface area contributed by atoms with Gasteiger partial charge in [-0.3, -0.25) is 4.79 Å². The molecular formula is C13H22N2O3. The Morgan fingerprint density at radius 3 is 2.61 bits per heavy atom. The smallest absolute Gasteiger partial charge is 0.317 e. The second kappa shape index (κ2) is 7.03. The van der Waals surface area contributed by atoms with E-state index in [1.54, 1.807) is 11.0 Å². The van der Waals surface area contributed by atoms with Gasteiger partial charge < -0.3 is 15.3 Å². The monoisotopic (exact) mass is 254 g/mol. The van der Waals surface area contributed by atoms with Gasteiger partial charge in [0, 0.05) is 25.6 Å². The van der Waals surface area contributed by atoms with Crippen LogP contribution in [-0.4, -0.2) is 41.1 Å². The van der Waals surface area contributed by atoms with Gasteiger partial charge in [-0.2, -0.15) is 0 Å². The zero-order chi connectivity index (χ0) is 13.5. The van der Waals surface area contributed by atoms with E-state index in [2.05, 4.69) is 11.9 Å². The van der Waals surface area contributed by atoms with Crippen molar-refractivity contribution < 1.29 is 14.7 Å². The number of nitrogens with zero attached hydrogens (tertiary/aromatic N) is 1. The Balaban J connectivity index is 2.31. The van der Waals surface area contributed by atoms with E-state index >= 15 is 0 Å². The highest BCUT2D eigenvalue weighted by Gasteiger charge is 2.24. The summed E-state index contributed by atoms with van der Waals surface area (Å²) < 4.78 is 0. The first-order valence-corrected chi connectivity index (χ1v) is 6.41. The van der Waals surface area contributed by atoms with Crippen LogP contribution in [-0.2, 0) is 4.79 Å². The number of carbonyl (C=O) groups is 2. The third-order valence-corrected chi connectivity index (χ3v) is 3.26. The molecule has 0 spiro atoms. The van der Waals surface area contributed by atoms with Crippen molar-refractivity contribution in [3.63, 3.8) is 0 Å². The van der Waals surface area contributed by atoms with Crippen LogP contribution in [0.2, 0.25) is 0 Å². The van der Waals surface area contributed by atoms with Gasteiger partial charge in [0.2, 0.25) is 0 Å². The number of carboxylic acids is 1. The summed E-state index contributed by atoms with van der Waals surface area (Å²) in [6, 6.07) is 0.0323. The molecule has 2 amide bonds. The highest BCUT2D eigenvalue weighted by atomic mass is 16.4. The average Bonchev–Trinajstić information content (AvgIpc) is 2.29. The van der Waals surface area contributed by atoms with Crippen molar-refractivity contribution in [2.24, 2.45) is 5.92 Å². The van der Waals surface area contributed by atoms with Crippen LogP contribution in [0.4, 0.5) is 4.79 Å².